The van der Waals surface area contributed by atoms with E-state index in [1.165, 1.54) is 12.0 Å². The quantitative estimate of drug-likeness (QED) is 0.700. The molecular formula is C14H25N3. The highest BCUT2D eigenvalue weighted by atomic mass is 15.1. The summed E-state index contributed by atoms with van der Waals surface area (Å²) in [4.78, 5) is 6.44. The number of aromatic nitrogens is 1. The highest BCUT2D eigenvalue weighted by Crippen LogP contribution is 2.00. The highest BCUT2D eigenvalue weighted by Gasteiger charge is 2.00. The standard InChI is InChI=1S/C14H25N3/c1-13(2)6-8-15-9-10-17(3)12-14-5-4-7-16-11-14/h4-5,7,11,13,15H,6,8-10,12H2,1-3H3. The minimum Gasteiger partial charge on any atom is -0.315 e. The van der Waals surface area contributed by atoms with E-state index in [0.29, 0.717) is 0 Å². The van der Waals surface area contributed by atoms with Crippen LogP contribution in [0.25, 0.3) is 0 Å². The van der Waals surface area contributed by atoms with Crippen LogP contribution in [0, 0.1) is 5.92 Å². The van der Waals surface area contributed by atoms with Gasteiger partial charge in [0.1, 0.15) is 0 Å². The second-order valence-corrected chi connectivity index (χ2v) is 5.03. The van der Waals surface area contributed by atoms with Gasteiger partial charge in [0, 0.05) is 32.0 Å². The number of pyridine rings is 1. The van der Waals surface area contributed by atoms with Crippen molar-refractivity contribution in [2.75, 3.05) is 26.7 Å². The zero-order valence-corrected chi connectivity index (χ0v) is 11.3. The van der Waals surface area contributed by atoms with E-state index in [0.717, 1.165) is 32.1 Å². The summed E-state index contributed by atoms with van der Waals surface area (Å²) < 4.78 is 0. The van der Waals surface area contributed by atoms with Gasteiger partial charge in [-0.3, -0.25) is 4.98 Å². The van der Waals surface area contributed by atoms with Gasteiger partial charge in [-0.1, -0.05) is 19.9 Å². The van der Waals surface area contributed by atoms with Crippen LogP contribution in [0.4, 0.5) is 0 Å². The summed E-state index contributed by atoms with van der Waals surface area (Å²) in [6.45, 7) is 8.75. The Balaban J connectivity index is 2.07. The van der Waals surface area contributed by atoms with Crippen molar-refractivity contribution in [2.45, 2.75) is 26.8 Å². The van der Waals surface area contributed by atoms with Gasteiger partial charge in [-0.15, -0.1) is 0 Å². The largest absolute Gasteiger partial charge is 0.315 e. The van der Waals surface area contributed by atoms with E-state index in [1.54, 1.807) is 0 Å². The van der Waals surface area contributed by atoms with E-state index in [1.807, 2.05) is 18.5 Å². The predicted octanol–water partition coefficient (Wildman–Crippen LogP) is 2.15. The van der Waals surface area contributed by atoms with Crippen molar-refractivity contribution in [1.29, 1.82) is 0 Å². The molecule has 1 aromatic rings. The van der Waals surface area contributed by atoms with E-state index >= 15 is 0 Å². The first-order valence-corrected chi connectivity index (χ1v) is 6.46. The van der Waals surface area contributed by atoms with Crippen molar-refractivity contribution in [3.8, 4) is 0 Å². The lowest BCUT2D eigenvalue weighted by Gasteiger charge is -2.17. The molecule has 0 aliphatic heterocycles. The maximum absolute atomic E-state index is 4.12. The average Bonchev–Trinajstić information content (AvgIpc) is 2.29. The molecule has 0 aliphatic rings. The molecule has 0 fully saturated rings. The van der Waals surface area contributed by atoms with Gasteiger partial charge in [0.25, 0.3) is 0 Å². The molecule has 0 spiro atoms. The molecule has 0 aromatic carbocycles. The van der Waals surface area contributed by atoms with E-state index in [9.17, 15) is 0 Å². The van der Waals surface area contributed by atoms with Crippen LogP contribution in [0.1, 0.15) is 25.8 Å². The lowest BCUT2D eigenvalue weighted by Crippen LogP contribution is -2.29. The lowest BCUT2D eigenvalue weighted by molar-refractivity contribution is 0.322. The molecule has 1 aromatic heterocycles. The van der Waals surface area contributed by atoms with Crippen LogP contribution in [0.3, 0.4) is 0 Å². The zero-order chi connectivity index (χ0) is 12.5. The Hall–Kier alpha value is -0.930. The van der Waals surface area contributed by atoms with Gasteiger partial charge in [-0.2, -0.15) is 0 Å². The number of rotatable bonds is 8. The smallest absolute Gasteiger partial charge is 0.0312 e. The third kappa shape index (κ3) is 7.08. The van der Waals surface area contributed by atoms with Crippen molar-refractivity contribution >= 4 is 0 Å². The van der Waals surface area contributed by atoms with E-state index in [2.05, 4.69) is 42.2 Å². The molecule has 0 radical (unpaired) electrons. The maximum Gasteiger partial charge on any atom is 0.0312 e. The SMILES string of the molecule is CC(C)CCNCCN(C)Cc1cccnc1. The molecule has 3 heteroatoms. The van der Waals surface area contributed by atoms with Gasteiger partial charge in [-0.25, -0.2) is 0 Å². The summed E-state index contributed by atoms with van der Waals surface area (Å²) in [5.74, 6) is 0.788. The second-order valence-electron chi connectivity index (χ2n) is 5.03. The molecule has 0 atom stereocenters. The number of nitrogens with one attached hydrogen (secondary N) is 1. The minimum atomic E-state index is 0.788. The summed E-state index contributed by atoms with van der Waals surface area (Å²) in [5, 5.41) is 3.48. The first kappa shape index (κ1) is 14.1. The third-order valence-electron chi connectivity index (χ3n) is 2.74. The molecule has 0 bridgehead atoms. The zero-order valence-electron chi connectivity index (χ0n) is 11.3. The molecule has 0 amide bonds. The van der Waals surface area contributed by atoms with E-state index in [4.69, 9.17) is 0 Å². The Bertz CT molecular complexity index is 285. The normalized spacial score (nSPS) is 11.4. The highest BCUT2D eigenvalue weighted by molar-refractivity contribution is 5.07. The number of hydrogen-bond acceptors (Lipinski definition) is 3. The Labute approximate surface area is 105 Å². The summed E-state index contributed by atoms with van der Waals surface area (Å²) in [6, 6.07) is 4.11. The molecule has 0 saturated carbocycles. The molecule has 0 saturated heterocycles. The van der Waals surface area contributed by atoms with Crippen LogP contribution in [-0.4, -0.2) is 36.6 Å². The summed E-state index contributed by atoms with van der Waals surface area (Å²) in [5.41, 5.74) is 1.28. The van der Waals surface area contributed by atoms with Crippen LogP contribution in [0.2, 0.25) is 0 Å². The van der Waals surface area contributed by atoms with Gasteiger partial charge >= 0.3 is 0 Å². The average molecular weight is 235 g/mol. The topological polar surface area (TPSA) is 28.2 Å². The Morgan fingerprint density at radius 2 is 2.18 bits per heavy atom. The summed E-state index contributed by atoms with van der Waals surface area (Å²) in [7, 11) is 2.15. The molecule has 0 unspecified atom stereocenters. The van der Waals surface area contributed by atoms with Crippen LogP contribution >= 0.6 is 0 Å². The fourth-order valence-electron chi connectivity index (χ4n) is 1.67. The number of hydrogen-bond donors (Lipinski definition) is 1. The summed E-state index contributed by atoms with van der Waals surface area (Å²) >= 11 is 0. The van der Waals surface area contributed by atoms with Crippen molar-refractivity contribution in [3.05, 3.63) is 30.1 Å². The molecule has 1 rings (SSSR count). The molecule has 17 heavy (non-hydrogen) atoms. The third-order valence-corrected chi connectivity index (χ3v) is 2.74. The van der Waals surface area contributed by atoms with E-state index in [-0.39, 0.29) is 0 Å². The van der Waals surface area contributed by atoms with Gasteiger partial charge < -0.3 is 10.2 Å². The first-order chi connectivity index (χ1) is 8.18. The van der Waals surface area contributed by atoms with Gasteiger partial charge in [0.2, 0.25) is 0 Å². The predicted molar refractivity (Wildman–Crippen MR) is 72.9 cm³/mol. The number of nitrogens with zero attached hydrogens (tertiary/aromatic N) is 2. The molecule has 0 aliphatic carbocycles. The van der Waals surface area contributed by atoms with E-state index < -0.39 is 0 Å². The van der Waals surface area contributed by atoms with Crippen molar-refractivity contribution in [1.82, 2.24) is 15.2 Å². The molecule has 1 heterocycles. The lowest BCUT2D eigenvalue weighted by atomic mass is 10.1. The second kappa shape index (κ2) is 8.20. The Morgan fingerprint density at radius 3 is 2.82 bits per heavy atom. The molecule has 1 N–H and O–H groups in total. The van der Waals surface area contributed by atoms with Crippen LogP contribution in [0.15, 0.2) is 24.5 Å². The van der Waals surface area contributed by atoms with Gasteiger partial charge in [0.05, 0.1) is 0 Å². The van der Waals surface area contributed by atoms with Crippen molar-refractivity contribution < 1.29 is 0 Å². The summed E-state index contributed by atoms with van der Waals surface area (Å²) in [6.07, 6.45) is 5.01. The monoisotopic (exact) mass is 235 g/mol. The number of likely N-dealkylation sites (N-methyl/N-ethyl adjacent to an activating group) is 1. The molecule has 96 valence electrons. The Morgan fingerprint density at radius 1 is 1.35 bits per heavy atom. The first-order valence-electron chi connectivity index (χ1n) is 6.46. The molecular weight excluding hydrogens is 210 g/mol. The maximum atomic E-state index is 4.12. The molecule has 3 nitrogen and oxygen atoms in total. The van der Waals surface area contributed by atoms with Crippen molar-refractivity contribution in [2.24, 2.45) is 5.92 Å². The van der Waals surface area contributed by atoms with Gasteiger partial charge in [0.15, 0.2) is 0 Å². The van der Waals surface area contributed by atoms with Gasteiger partial charge in [-0.05, 0) is 37.6 Å². The van der Waals surface area contributed by atoms with Crippen molar-refractivity contribution in [3.63, 3.8) is 0 Å². The van der Waals surface area contributed by atoms with Crippen LogP contribution < -0.4 is 5.32 Å². The minimum absolute atomic E-state index is 0.788. The Kier molecular flexibility index (Phi) is 6.82. The fraction of sp³-hybridized carbons (Fsp3) is 0.643. The van der Waals surface area contributed by atoms with Crippen LogP contribution in [0.5, 0.6) is 0 Å². The fourth-order valence-corrected chi connectivity index (χ4v) is 1.67. The van der Waals surface area contributed by atoms with Crippen LogP contribution in [-0.2, 0) is 6.54 Å².